The van der Waals surface area contributed by atoms with Crippen molar-refractivity contribution in [2.24, 2.45) is 7.05 Å². The number of aryl methyl sites for hydroxylation is 4. The average Bonchev–Trinajstić information content (AvgIpc) is 3.19. The number of benzene rings is 3. The molecular formula is C29H25N2O+. The van der Waals surface area contributed by atoms with Gasteiger partial charge < -0.3 is 4.42 Å². The van der Waals surface area contributed by atoms with E-state index in [9.17, 15) is 0 Å². The van der Waals surface area contributed by atoms with Crippen molar-refractivity contribution in [2.75, 3.05) is 0 Å². The van der Waals surface area contributed by atoms with E-state index in [1.807, 2.05) is 51.2 Å². The second-order valence-corrected chi connectivity index (χ2v) is 8.61. The number of hydrogen-bond acceptors (Lipinski definition) is 2. The molecule has 0 aliphatic carbocycles. The highest BCUT2D eigenvalue weighted by molar-refractivity contribution is 6.20. The summed E-state index contributed by atoms with van der Waals surface area (Å²) in [6.07, 6.45) is 0. The molecule has 0 fully saturated rings. The van der Waals surface area contributed by atoms with Crippen LogP contribution >= 0.6 is 0 Å². The number of aromatic nitrogens is 2. The van der Waals surface area contributed by atoms with Crippen molar-refractivity contribution >= 4 is 43.7 Å². The van der Waals surface area contributed by atoms with E-state index in [0.717, 1.165) is 55.0 Å². The van der Waals surface area contributed by atoms with Gasteiger partial charge in [-0.05, 0) is 61.8 Å². The molecule has 32 heavy (non-hydrogen) atoms. The summed E-state index contributed by atoms with van der Waals surface area (Å²) in [5.41, 5.74) is 7.01. The predicted molar refractivity (Wildman–Crippen MR) is 132 cm³/mol. The van der Waals surface area contributed by atoms with Crippen LogP contribution in [-0.4, -0.2) is 4.98 Å². The number of fused-ring (bicyclic) bond motifs is 6. The molecule has 0 unspecified atom stereocenters. The van der Waals surface area contributed by atoms with E-state index >= 15 is 0 Å². The van der Waals surface area contributed by atoms with E-state index in [1.54, 1.807) is 6.07 Å². The summed E-state index contributed by atoms with van der Waals surface area (Å²) in [7, 11) is 2.02. The second-order valence-electron chi connectivity index (χ2n) is 8.61. The zero-order valence-corrected chi connectivity index (χ0v) is 18.6. The molecule has 156 valence electrons. The fraction of sp³-hybridized carbons (Fsp3) is 0.172. The van der Waals surface area contributed by atoms with Crippen LogP contribution in [-0.2, 0) is 7.05 Å². The topological polar surface area (TPSA) is 29.9 Å². The van der Waals surface area contributed by atoms with Crippen LogP contribution in [0.1, 0.15) is 26.5 Å². The Labute approximate surface area is 191 Å². The molecule has 6 aromatic rings. The first-order valence-corrected chi connectivity index (χ1v) is 10.8. The van der Waals surface area contributed by atoms with Crippen molar-refractivity contribution in [3.63, 3.8) is 0 Å². The van der Waals surface area contributed by atoms with Gasteiger partial charge in [-0.2, -0.15) is 4.57 Å². The van der Waals surface area contributed by atoms with E-state index in [4.69, 9.17) is 13.5 Å². The molecule has 3 heteroatoms. The second kappa shape index (κ2) is 6.64. The van der Waals surface area contributed by atoms with Crippen LogP contribution in [0.3, 0.4) is 0 Å². The fourth-order valence-electron chi connectivity index (χ4n) is 5.04. The largest absolute Gasteiger partial charge is 0.437 e. The molecule has 0 spiro atoms. The molecule has 0 saturated carbocycles. The molecule has 0 amide bonds. The molecule has 0 aliphatic heterocycles. The summed E-state index contributed by atoms with van der Waals surface area (Å²) in [5.74, 6) is 0. The van der Waals surface area contributed by atoms with E-state index in [0.29, 0.717) is 22.4 Å². The van der Waals surface area contributed by atoms with Gasteiger partial charge >= 0.3 is 0 Å². The van der Waals surface area contributed by atoms with Crippen molar-refractivity contribution in [1.82, 2.24) is 4.98 Å². The number of para-hydroxylation sites is 1. The van der Waals surface area contributed by atoms with Crippen molar-refractivity contribution in [2.45, 2.75) is 27.6 Å². The summed E-state index contributed by atoms with van der Waals surface area (Å²) >= 11 is 0. The minimum atomic E-state index is -2.27. The summed E-state index contributed by atoms with van der Waals surface area (Å²) in [6.45, 7) is 3.67. The summed E-state index contributed by atoms with van der Waals surface area (Å²) in [5, 5.41) is 4.84. The van der Waals surface area contributed by atoms with Crippen LogP contribution in [0.4, 0.5) is 0 Å². The van der Waals surface area contributed by atoms with Crippen LogP contribution in [0, 0.1) is 27.6 Å². The number of furan rings is 1. The maximum Gasteiger partial charge on any atom is 0.228 e. The number of pyridine rings is 2. The van der Waals surface area contributed by atoms with Crippen molar-refractivity contribution in [3.8, 4) is 11.3 Å². The highest BCUT2D eigenvalue weighted by Gasteiger charge is 2.25. The van der Waals surface area contributed by atoms with E-state index < -0.39 is 6.85 Å². The lowest BCUT2D eigenvalue weighted by atomic mass is 9.94. The molecule has 6 rings (SSSR count). The Morgan fingerprint density at radius 3 is 2.34 bits per heavy atom. The van der Waals surface area contributed by atoms with Gasteiger partial charge in [0.15, 0.2) is 5.58 Å². The molecule has 3 heterocycles. The Kier molecular flexibility index (Phi) is 3.32. The Hall–Kier alpha value is -3.72. The zero-order chi connectivity index (χ0) is 24.6. The minimum Gasteiger partial charge on any atom is -0.437 e. The van der Waals surface area contributed by atoms with Gasteiger partial charge in [-0.1, -0.05) is 36.4 Å². The summed E-state index contributed by atoms with van der Waals surface area (Å²) < 4.78 is 33.5. The van der Waals surface area contributed by atoms with Gasteiger partial charge in [-0.25, -0.2) is 4.98 Å². The smallest absolute Gasteiger partial charge is 0.228 e. The molecule has 3 aromatic heterocycles. The van der Waals surface area contributed by atoms with E-state index in [1.165, 1.54) is 0 Å². The summed E-state index contributed by atoms with van der Waals surface area (Å²) in [6, 6.07) is 20.2. The Morgan fingerprint density at radius 1 is 0.844 bits per heavy atom. The molecular weight excluding hydrogens is 392 g/mol. The first-order valence-electron chi connectivity index (χ1n) is 12.3. The molecule has 3 nitrogen and oxygen atoms in total. The van der Waals surface area contributed by atoms with Crippen molar-refractivity contribution in [1.29, 1.82) is 0 Å². The molecule has 0 saturated heterocycles. The Bertz CT molecular complexity index is 1830. The van der Waals surface area contributed by atoms with Crippen LogP contribution < -0.4 is 4.57 Å². The number of nitrogens with zero attached hydrogens (tertiary/aromatic N) is 2. The van der Waals surface area contributed by atoms with Gasteiger partial charge in [0.1, 0.15) is 7.05 Å². The van der Waals surface area contributed by atoms with Crippen molar-refractivity contribution in [3.05, 3.63) is 83.0 Å². The highest BCUT2D eigenvalue weighted by Crippen LogP contribution is 2.41. The van der Waals surface area contributed by atoms with E-state index in [-0.39, 0.29) is 0 Å². The highest BCUT2D eigenvalue weighted by atomic mass is 16.3. The van der Waals surface area contributed by atoms with Crippen LogP contribution in [0.5, 0.6) is 0 Å². The molecule has 0 radical (unpaired) electrons. The van der Waals surface area contributed by atoms with Gasteiger partial charge in [0.25, 0.3) is 0 Å². The lowest BCUT2D eigenvalue weighted by molar-refractivity contribution is -0.633. The van der Waals surface area contributed by atoms with Crippen molar-refractivity contribution < 1.29 is 13.1 Å². The third-order valence-electron chi connectivity index (χ3n) is 6.74. The minimum absolute atomic E-state index is 0.332. The fourth-order valence-corrected chi connectivity index (χ4v) is 5.04. The molecule has 0 bridgehead atoms. The number of rotatable bonds is 1. The third-order valence-corrected chi connectivity index (χ3v) is 6.74. The van der Waals surface area contributed by atoms with Gasteiger partial charge in [0, 0.05) is 38.1 Å². The first-order chi connectivity index (χ1) is 16.7. The lowest BCUT2D eigenvalue weighted by Gasteiger charge is -2.11. The maximum atomic E-state index is 8.31. The summed E-state index contributed by atoms with van der Waals surface area (Å²) in [4.78, 5) is 4.77. The SMILES string of the molecule is [2H]C([2H])([2H])c1cc2c(oc3nc(C)c4ccccc4c32)c(-c2cc(C)c3ccccc3[n+]2C)c1C. The molecule has 0 aliphatic rings. The quantitative estimate of drug-likeness (QED) is 0.268. The maximum absolute atomic E-state index is 8.31. The molecule has 3 aromatic carbocycles. The molecule has 0 atom stereocenters. The predicted octanol–water partition coefficient (Wildman–Crippen LogP) is 7.01. The molecule has 0 N–H and O–H groups in total. The van der Waals surface area contributed by atoms with Gasteiger partial charge in [-0.15, -0.1) is 0 Å². The van der Waals surface area contributed by atoms with Crippen LogP contribution in [0.2, 0.25) is 0 Å². The standard InChI is InChI=1S/C29H25N2O/c1-16-14-23-27-22-12-7-6-11-21(22)19(4)30-29(27)32-28(23)26(18(16)3)25-15-17(2)20-10-8-9-13-24(20)31(25)5/h6-15H,1-5H3/q+1/i1D3. The van der Waals surface area contributed by atoms with Gasteiger partial charge in [0.2, 0.25) is 16.9 Å². The normalized spacial score (nSPS) is 13.7. The third kappa shape index (κ3) is 2.48. The van der Waals surface area contributed by atoms with Gasteiger partial charge in [0.05, 0.1) is 10.9 Å². The van der Waals surface area contributed by atoms with Crippen LogP contribution in [0.25, 0.3) is 55.0 Å². The first kappa shape index (κ1) is 16.0. The Balaban J connectivity index is 1.86. The monoisotopic (exact) mass is 420 g/mol. The van der Waals surface area contributed by atoms with Crippen LogP contribution in [0.15, 0.2) is 65.1 Å². The van der Waals surface area contributed by atoms with Gasteiger partial charge in [-0.3, -0.25) is 0 Å². The Morgan fingerprint density at radius 2 is 1.56 bits per heavy atom. The van der Waals surface area contributed by atoms with E-state index in [2.05, 4.69) is 35.8 Å². The average molecular weight is 421 g/mol. The zero-order valence-electron chi connectivity index (χ0n) is 21.6. The number of hydrogen-bond donors (Lipinski definition) is 0. The lowest BCUT2D eigenvalue weighted by Crippen LogP contribution is -2.32.